The van der Waals surface area contributed by atoms with Gasteiger partial charge in [-0.3, -0.25) is 0 Å². The highest BCUT2D eigenvalue weighted by molar-refractivity contribution is 7.99. The van der Waals surface area contributed by atoms with Crippen molar-refractivity contribution in [2.45, 2.75) is 64.1 Å². The fourth-order valence-electron chi connectivity index (χ4n) is 3.26. The number of aliphatic hydroxyl groups is 1. The van der Waals surface area contributed by atoms with Crippen molar-refractivity contribution in [1.82, 2.24) is 0 Å². The van der Waals surface area contributed by atoms with Crippen molar-refractivity contribution in [3.63, 3.8) is 0 Å². The van der Waals surface area contributed by atoms with Crippen LogP contribution in [0, 0.1) is 11.8 Å². The number of thioether (sulfide) groups is 1. The minimum Gasteiger partial charge on any atom is -0.393 e. The molecule has 0 radical (unpaired) electrons. The predicted molar refractivity (Wildman–Crippen MR) is 78.0 cm³/mol. The van der Waals surface area contributed by atoms with Crippen LogP contribution in [0.25, 0.3) is 0 Å². The van der Waals surface area contributed by atoms with Gasteiger partial charge in [0.1, 0.15) is 0 Å². The monoisotopic (exact) mass is 272 g/mol. The topological polar surface area (TPSA) is 29.5 Å². The molecular weight excluding hydrogens is 244 g/mol. The number of hydrogen-bond acceptors (Lipinski definition) is 3. The molecule has 0 aromatic rings. The Morgan fingerprint density at radius 3 is 2.78 bits per heavy atom. The summed E-state index contributed by atoms with van der Waals surface area (Å²) in [6.45, 7) is 5.31. The van der Waals surface area contributed by atoms with Crippen LogP contribution in [-0.4, -0.2) is 34.9 Å². The summed E-state index contributed by atoms with van der Waals surface area (Å²) in [5.74, 6) is 3.57. The van der Waals surface area contributed by atoms with Crippen LogP contribution in [0.5, 0.6) is 0 Å². The Balaban J connectivity index is 1.89. The van der Waals surface area contributed by atoms with E-state index in [9.17, 15) is 5.11 Å². The minimum atomic E-state index is -0.115. The molecule has 2 heterocycles. The first-order valence-corrected chi connectivity index (χ1v) is 8.70. The van der Waals surface area contributed by atoms with Crippen molar-refractivity contribution in [2.24, 2.45) is 11.8 Å². The molecular formula is C15H28O2S. The summed E-state index contributed by atoms with van der Waals surface area (Å²) in [4.78, 5) is 0. The van der Waals surface area contributed by atoms with Crippen LogP contribution >= 0.6 is 11.8 Å². The van der Waals surface area contributed by atoms with Crippen molar-refractivity contribution >= 4 is 11.8 Å². The first-order valence-electron chi connectivity index (χ1n) is 7.55. The second-order valence-electron chi connectivity index (χ2n) is 6.21. The number of hydrogen-bond donors (Lipinski definition) is 1. The summed E-state index contributed by atoms with van der Waals surface area (Å²) in [6, 6.07) is 0. The number of rotatable bonds is 4. The molecule has 106 valence electrons. The lowest BCUT2D eigenvalue weighted by atomic mass is 9.77. The zero-order chi connectivity index (χ0) is 13.0. The Morgan fingerprint density at radius 1 is 1.39 bits per heavy atom. The van der Waals surface area contributed by atoms with E-state index >= 15 is 0 Å². The molecule has 0 amide bonds. The van der Waals surface area contributed by atoms with Gasteiger partial charge in [-0.1, -0.05) is 20.3 Å². The van der Waals surface area contributed by atoms with Crippen molar-refractivity contribution in [3.05, 3.63) is 0 Å². The fraction of sp³-hybridized carbons (Fsp3) is 1.00. The molecule has 2 saturated heterocycles. The van der Waals surface area contributed by atoms with Crippen LogP contribution in [0.3, 0.4) is 0 Å². The van der Waals surface area contributed by atoms with Gasteiger partial charge in [0.2, 0.25) is 0 Å². The van der Waals surface area contributed by atoms with E-state index in [1.165, 1.54) is 30.8 Å². The summed E-state index contributed by atoms with van der Waals surface area (Å²) in [5, 5.41) is 10.4. The molecule has 0 aliphatic carbocycles. The van der Waals surface area contributed by atoms with E-state index in [0.29, 0.717) is 11.8 Å². The first kappa shape index (κ1) is 14.7. The minimum absolute atomic E-state index is 0.115. The standard InChI is InChI=1S/C15H28O2S/c1-3-12(2)10-14(16)13-4-7-17-15(11-13)5-8-18-9-6-15/h12-14,16H,3-11H2,1-2H3. The van der Waals surface area contributed by atoms with E-state index in [1.54, 1.807) is 0 Å². The molecule has 2 nitrogen and oxygen atoms in total. The van der Waals surface area contributed by atoms with Gasteiger partial charge in [-0.2, -0.15) is 11.8 Å². The summed E-state index contributed by atoms with van der Waals surface area (Å²) >= 11 is 2.04. The Labute approximate surface area is 116 Å². The highest BCUT2D eigenvalue weighted by atomic mass is 32.2. The molecule has 18 heavy (non-hydrogen) atoms. The van der Waals surface area contributed by atoms with Crippen LogP contribution in [0.4, 0.5) is 0 Å². The molecule has 0 bridgehead atoms. The third-order valence-electron chi connectivity index (χ3n) is 4.82. The van der Waals surface area contributed by atoms with Crippen LogP contribution < -0.4 is 0 Å². The van der Waals surface area contributed by atoms with Crippen molar-refractivity contribution < 1.29 is 9.84 Å². The second kappa shape index (κ2) is 6.62. The number of aliphatic hydroxyl groups excluding tert-OH is 1. The largest absolute Gasteiger partial charge is 0.393 e. The Bertz CT molecular complexity index is 245. The molecule has 1 spiro atoms. The van der Waals surface area contributed by atoms with E-state index in [4.69, 9.17) is 4.74 Å². The van der Waals surface area contributed by atoms with E-state index in [1.807, 2.05) is 11.8 Å². The van der Waals surface area contributed by atoms with Gasteiger partial charge in [-0.25, -0.2) is 0 Å². The summed E-state index contributed by atoms with van der Waals surface area (Å²) in [5.41, 5.74) is 0.116. The van der Waals surface area contributed by atoms with E-state index < -0.39 is 0 Å². The van der Waals surface area contributed by atoms with Gasteiger partial charge < -0.3 is 9.84 Å². The zero-order valence-electron chi connectivity index (χ0n) is 11.9. The van der Waals surface area contributed by atoms with Crippen LogP contribution in [0.2, 0.25) is 0 Å². The lowest BCUT2D eigenvalue weighted by molar-refractivity contribution is -0.122. The molecule has 2 aliphatic heterocycles. The molecule has 2 fully saturated rings. The third kappa shape index (κ3) is 3.64. The van der Waals surface area contributed by atoms with Gasteiger partial charge in [0, 0.05) is 6.61 Å². The maximum absolute atomic E-state index is 10.4. The van der Waals surface area contributed by atoms with Gasteiger partial charge in [0.05, 0.1) is 11.7 Å². The van der Waals surface area contributed by atoms with Gasteiger partial charge in [-0.05, 0) is 55.4 Å². The summed E-state index contributed by atoms with van der Waals surface area (Å²) < 4.78 is 6.09. The van der Waals surface area contributed by atoms with Crippen LogP contribution in [0.1, 0.15) is 52.4 Å². The van der Waals surface area contributed by atoms with E-state index in [-0.39, 0.29) is 11.7 Å². The number of ether oxygens (including phenoxy) is 1. The average molecular weight is 272 g/mol. The van der Waals surface area contributed by atoms with Crippen molar-refractivity contribution in [1.29, 1.82) is 0 Å². The second-order valence-corrected chi connectivity index (χ2v) is 7.44. The maximum atomic E-state index is 10.4. The maximum Gasteiger partial charge on any atom is 0.0701 e. The Hall–Kier alpha value is 0.270. The first-order chi connectivity index (χ1) is 8.65. The SMILES string of the molecule is CCC(C)CC(O)C1CCOC2(CCSCC2)C1. The molecule has 0 aromatic heterocycles. The lowest BCUT2D eigenvalue weighted by Gasteiger charge is -2.44. The van der Waals surface area contributed by atoms with Crippen molar-refractivity contribution in [2.75, 3.05) is 18.1 Å². The smallest absolute Gasteiger partial charge is 0.0701 e. The fourth-order valence-corrected chi connectivity index (χ4v) is 4.49. The molecule has 3 heteroatoms. The highest BCUT2D eigenvalue weighted by Crippen LogP contribution is 2.41. The van der Waals surface area contributed by atoms with Gasteiger partial charge in [-0.15, -0.1) is 0 Å². The van der Waals surface area contributed by atoms with Crippen molar-refractivity contribution in [3.8, 4) is 0 Å². The Kier molecular flexibility index (Phi) is 5.40. The van der Waals surface area contributed by atoms with Gasteiger partial charge in [0.15, 0.2) is 0 Å². The van der Waals surface area contributed by atoms with Gasteiger partial charge in [0.25, 0.3) is 0 Å². The van der Waals surface area contributed by atoms with E-state index in [2.05, 4.69) is 13.8 Å². The molecule has 2 aliphatic rings. The van der Waals surface area contributed by atoms with E-state index in [0.717, 1.165) is 25.9 Å². The van der Waals surface area contributed by atoms with Crippen LogP contribution in [-0.2, 0) is 4.74 Å². The average Bonchev–Trinajstić information content (AvgIpc) is 2.39. The quantitative estimate of drug-likeness (QED) is 0.849. The molecule has 0 saturated carbocycles. The molecule has 0 aromatic carbocycles. The highest BCUT2D eigenvalue weighted by Gasteiger charge is 2.40. The predicted octanol–water partition coefficient (Wildman–Crippen LogP) is 3.48. The molecule has 3 unspecified atom stereocenters. The summed E-state index contributed by atoms with van der Waals surface area (Å²) in [7, 11) is 0. The lowest BCUT2D eigenvalue weighted by Crippen LogP contribution is -2.45. The normalized spacial score (nSPS) is 31.2. The molecule has 3 atom stereocenters. The third-order valence-corrected chi connectivity index (χ3v) is 5.81. The van der Waals surface area contributed by atoms with Crippen LogP contribution in [0.15, 0.2) is 0 Å². The zero-order valence-corrected chi connectivity index (χ0v) is 12.7. The molecule has 1 N–H and O–H groups in total. The Morgan fingerprint density at radius 2 is 2.11 bits per heavy atom. The van der Waals surface area contributed by atoms with Gasteiger partial charge >= 0.3 is 0 Å². The summed E-state index contributed by atoms with van der Waals surface area (Å²) in [6.07, 6.45) is 6.52. The molecule has 2 rings (SSSR count).